The Morgan fingerprint density at radius 2 is 1.97 bits per heavy atom. The SMILES string of the molecule is CCC[C@H](C(=O)OCC)N1C(=O)CO[C@@H](c2ccc(Cl)cc2)[C@H]1C#Cc1ccccc1NC(C)O. The van der Waals surface area contributed by atoms with E-state index in [1.807, 2.05) is 43.3 Å². The Bertz CT molecular complexity index is 1080. The molecule has 4 atom stereocenters. The number of aliphatic hydroxyl groups is 1. The van der Waals surface area contributed by atoms with Gasteiger partial charge in [0.1, 0.15) is 31.0 Å². The summed E-state index contributed by atoms with van der Waals surface area (Å²) in [5.41, 5.74) is 2.09. The number of nitrogens with zero attached hydrogens (tertiary/aromatic N) is 1. The van der Waals surface area contributed by atoms with E-state index < -0.39 is 30.4 Å². The second-order valence-corrected chi connectivity index (χ2v) is 8.66. The number of carbonyl (C=O) groups excluding carboxylic acids is 2. The molecule has 2 aromatic carbocycles. The minimum atomic E-state index is -0.781. The van der Waals surface area contributed by atoms with Gasteiger partial charge in [0.05, 0.1) is 12.3 Å². The molecule has 35 heavy (non-hydrogen) atoms. The van der Waals surface area contributed by atoms with E-state index in [9.17, 15) is 14.7 Å². The van der Waals surface area contributed by atoms with Crippen LogP contribution in [0.5, 0.6) is 0 Å². The molecular weight excluding hydrogens is 468 g/mol. The first-order valence-corrected chi connectivity index (χ1v) is 12.1. The first-order valence-electron chi connectivity index (χ1n) is 11.8. The third-order valence-electron chi connectivity index (χ3n) is 5.56. The Morgan fingerprint density at radius 1 is 1.26 bits per heavy atom. The number of nitrogens with one attached hydrogen (secondary N) is 1. The van der Waals surface area contributed by atoms with Crippen LogP contribution >= 0.6 is 11.6 Å². The number of benzene rings is 2. The zero-order valence-electron chi connectivity index (χ0n) is 20.2. The van der Waals surface area contributed by atoms with Gasteiger partial charge in [0.2, 0.25) is 5.91 Å². The summed E-state index contributed by atoms with van der Waals surface area (Å²) in [6.07, 6.45) is -0.242. The molecule has 1 fully saturated rings. The van der Waals surface area contributed by atoms with Crippen LogP contribution < -0.4 is 5.32 Å². The van der Waals surface area contributed by atoms with E-state index in [0.29, 0.717) is 29.1 Å². The van der Waals surface area contributed by atoms with Crippen LogP contribution in [-0.2, 0) is 19.1 Å². The van der Waals surface area contributed by atoms with Crippen molar-refractivity contribution in [2.75, 3.05) is 18.5 Å². The number of rotatable bonds is 8. The minimum Gasteiger partial charge on any atom is -0.464 e. The number of halogens is 1. The van der Waals surface area contributed by atoms with Crippen LogP contribution in [0.15, 0.2) is 48.5 Å². The minimum absolute atomic E-state index is 0.175. The van der Waals surface area contributed by atoms with E-state index in [4.69, 9.17) is 21.1 Å². The third kappa shape index (κ3) is 6.76. The number of para-hydroxylation sites is 1. The maximum atomic E-state index is 13.1. The number of carbonyl (C=O) groups is 2. The molecule has 0 aromatic heterocycles. The van der Waals surface area contributed by atoms with Crippen molar-refractivity contribution in [3.05, 3.63) is 64.7 Å². The highest BCUT2D eigenvalue weighted by Gasteiger charge is 2.43. The second-order valence-electron chi connectivity index (χ2n) is 8.22. The van der Waals surface area contributed by atoms with Crippen LogP contribution in [0.25, 0.3) is 0 Å². The van der Waals surface area contributed by atoms with Crippen LogP contribution in [0.3, 0.4) is 0 Å². The molecule has 1 aliphatic heterocycles. The van der Waals surface area contributed by atoms with E-state index >= 15 is 0 Å². The molecule has 7 nitrogen and oxygen atoms in total. The fourth-order valence-corrected chi connectivity index (χ4v) is 4.17. The van der Waals surface area contributed by atoms with Gasteiger partial charge < -0.3 is 24.8 Å². The molecule has 0 radical (unpaired) electrons. The van der Waals surface area contributed by atoms with E-state index in [2.05, 4.69) is 17.2 Å². The smallest absolute Gasteiger partial charge is 0.328 e. The highest BCUT2D eigenvalue weighted by atomic mass is 35.5. The monoisotopic (exact) mass is 498 g/mol. The zero-order valence-corrected chi connectivity index (χ0v) is 20.9. The summed E-state index contributed by atoms with van der Waals surface area (Å²) in [7, 11) is 0. The molecule has 1 unspecified atom stereocenters. The Labute approximate surface area is 211 Å². The first-order chi connectivity index (χ1) is 16.8. The van der Waals surface area contributed by atoms with Gasteiger partial charge in [0.25, 0.3) is 0 Å². The number of hydrogen-bond donors (Lipinski definition) is 2. The molecule has 2 aromatic rings. The molecule has 2 N–H and O–H groups in total. The summed E-state index contributed by atoms with van der Waals surface area (Å²) in [4.78, 5) is 27.6. The van der Waals surface area contributed by atoms with Crippen LogP contribution in [0.4, 0.5) is 5.69 Å². The van der Waals surface area contributed by atoms with Gasteiger partial charge in [-0.1, -0.05) is 61.1 Å². The number of anilines is 1. The summed E-state index contributed by atoms with van der Waals surface area (Å²) >= 11 is 6.09. The standard InChI is InChI=1S/C27H31ClN2O5/c1-4-8-24(27(33)34-5-2)30-23(16-13-19-9-6-7-10-22(19)29-18(3)31)26(35-17-25(30)32)20-11-14-21(28)15-12-20/h6-7,9-12,14-15,18,23-24,26,29,31H,4-5,8,17H2,1-3H3/t18?,23-,24-,26+/m1/s1. The maximum absolute atomic E-state index is 13.1. The van der Waals surface area contributed by atoms with Gasteiger partial charge in [-0.05, 0) is 50.1 Å². The van der Waals surface area contributed by atoms with Crippen LogP contribution in [0.2, 0.25) is 5.02 Å². The number of esters is 1. The summed E-state index contributed by atoms with van der Waals surface area (Å²) in [5, 5.41) is 13.3. The van der Waals surface area contributed by atoms with Crippen molar-refractivity contribution in [2.24, 2.45) is 0 Å². The van der Waals surface area contributed by atoms with Gasteiger partial charge in [-0.2, -0.15) is 0 Å². The Balaban J connectivity index is 2.10. The van der Waals surface area contributed by atoms with Crippen molar-refractivity contribution in [3.8, 4) is 11.8 Å². The van der Waals surface area contributed by atoms with Gasteiger partial charge in [-0.15, -0.1) is 0 Å². The summed E-state index contributed by atoms with van der Waals surface area (Å²) < 4.78 is 11.3. The van der Waals surface area contributed by atoms with Crippen molar-refractivity contribution >= 4 is 29.2 Å². The largest absolute Gasteiger partial charge is 0.464 e. The van der Waals surface area contributed by atoms with Crippen molar-refractivity contribution in [3.63, 3.8) is 0 Å². The molecule has 186 valence electrons. The number of morpholine rings is 1. The van der Waals surface area contributed by atoms with Crippen molar-refractivity contribution < 1.29 is 24.2 Å². The lowest BCUT2D eigenvalue weighted by Gasteiger charge is -2.42. The lowest BCUT2D eigenvalue weighted by molar-refractivity contribution is -0.169. The second kappa shape index (κ2) is 12.6. The zero-order chi connectivity index (χ0) is 25.4. The Hall–Kier alpha value is -3.05. The van der Waals surface area contributed by atoms with Gasteiger partial charge in [-0.3, -0.25) is 4.79 Å². The fraction of sp³-hybridized carbons (Fsp3) is 0.407. The summed E-state index contributed by atoms with van der Waals surface area (Å²) in [6.45, 7) is 5.34. The van der Waals surface area contributed by atoms with Gasteiger partial charge in [-0.25, -0.2) is 4.79 Å². The molecule has 0 saturated carbocycles. The lowest BCUT2D eigenvalue weighted by Crippen LogP contribution is -2.57. The highest BCUT2D eigenvalue weighted by Crippen LogP contribution is 2.32. The van der Waals surface area contributed by atoms with Gasteiger partial charge >= 0.3 is 5.97 Å². The summed E-state index contributed by atoms with van der Waals surface area (Å²) in [5.74, 6) is 5.56. The van der Waals surface area contributed by atoms with E-state index in [-0.39, 0.29) is 19.1 Å². The molecule has 1 aliphatic rings. The molecule has 3 rings (SSSR count). The molecule has 1 amide bonds. The quantitative estimate of drug-likeness (QED) is 0.323. The van der Waals surface area contributed by atoms with E-state index in [1.54, 1.807) is 26.0 Å². The van der Waals surface area contributed by atoms with Crippen LogP contribution in [0, 0.1) is 11.8 Å². The number of amides is 1. The van der Waals surface area contributed by atoms with E-state index in [1.165, 1.54) is 4.90 Å². The molecular formula is C27H31ClN2O5. The van der Waals surface area contributed by atoms with Crippen molar-refractivity contribution in [2.45, 2.75) is 58.0 Å². The topological polar surface area (TPSA) is 88.1 Å². The fourth-order valence-electron chi connectivity index (χ4n) is 4.05. The average molecular weight is 499 g/mol. The number of ether oxygens (including phenoxy) is 2. The molecule has 0 bridgehead atoms. The molecule has 1 heterocycles. The number of aliphatic hydroxyl groups excluding tert-OH is 1. The van der Waals surface area contributed by atoms with Crippen molar-refractivity contribution in [1.29, 1.82) is 0 Å². The third-order valence-corrected chi connectivity index (χ3v) is 5.81. The first kappa shape index (κ1) is 26.6. The highest BCUT2D eigenvalue weighted by molar-refractivity contribution is 6.30. The van der Waals surface area contributed by atoms with Gasteiger partial charge in [0, 0.05) is 10.6 Å². The van der Waals surface area contributed by atoms with E-state index in [0.717, 1.165) is 5.56 Å². The molecule has 8 heteroatoms. The van der Waals surface area contributed by atoms with Crippen LogP contribution in [0.1, 0.15) is 50.8 Å². The molecule has 0 aliphatic carbocycles. The predicted octanol–water partition coefficient (Wildman–Crippen LogP) is 4.14. The maximum Gasteiger partial charge on any atom is 0.328 e. The lowest BCUT2D eigenvalue weighted by atomic mass is 9.96. The predicted molar refractivity (Wildman–Crippen MR) is 135 cm³/mol. The molecule has 1 saturated heterocycles. The molecule has 0 spiro atoms. The van der Waals surface area contributed by atoms with Crippen LogP contribution in [-0.4, -0.2) is 53.4 Å². The Kier molecular flexibility index (Phi) is 9.55. The average Bonchev–Trinajstić information content (AvgIpc) is 2.83. The number of hydrogen-bond acceptors (Lipinski definition) is 6. The Morgan fingerprint density at radius 3 is 2.63 bits per heavy atom. The summed E-state index contributed by atoms with van der Waals surface area (Å²) in [6, 6.07) is 12.9. The van der Waals surface area contributed by atoms with Crippen molar-refractivity contribution in [1.82, 2.24) is 4.90 Å². The normalized spacial score (nSPS) is 19.3. The van der Waals surface area contributed by atoms with Gasteiger partial charge in [0.15, 0.2) is 0 Å².